The quantitative estimate of drug-likeness (QED) is 0.584. The Labute approximate surface area is 87.7 Å². The van der Waals surface area contributed by atoms with Crippen LogP contribution in [0.4, 0.5) is 0 Å². The standard InChI is InChI=1S/C12H23NO/c1-9-7-6-8-13(5)11(14)10(9)12(2,3)4/h9-10H,6-8H2,1-5H3/t9-,10?/m1/s1. The fourth-order valence-corrected chi connectivity index (χ4v) is 2.63. The number of amides is 1. The van der Waals surface area contributed by atoms with Gasteiger partial charge < -0.3 is 4.90 Å². The van der Waals surface area contributed by atoms with Gasteiger partial charge in [-0.15, -0.1) is 0 Å². The summed E-state index contributed by atoms with van der Waals surface area (Å²) < 4.78 is 0. The second-order valence-electron chi connectivity index (χ2n) is 5.72. The first kappa shape index (κ1) is 11.5. The lowest BCUT2D eigenvalue weighted by Crippen LogP contribution is -2.40. The highest BCUT2D eigenvalue weighted by Gasteiger charge is 2.38. The molecule has 0 radical (unpaired) electrons. The first-order valence-corrected chi connectivity index (χ1v) is 5.59. The Morgan fingerprint density at radius 2 is 1.93 bits per heavy atom. The summed E-state index contributed by atoms with van der Waals surface area (Å²) in [7, 11) is 1.93. The Morgan fingerprint density at radius 3 is 2.43 bits per heavy atom. The van der Waals surface area contributed by atoms with E-state index in [1.54, 1.807) is 0 Å². The topological polar surface area (TPSA) is 20.3 Å². The number of likely N-dealkylation sites (tertiary alicyclic amines) is 1. The smallest absolute Gasteiger partial charge is 0.226 e. The van der Waals surface area contributed by atoms with Crippen molar-refractivity contribution in [2.45, 2.75) is 40.5 Å². The lowest BCUT2D eigenvalue weighted by molar-refractivity contribution is -0.138. The van der Waals surface area contributed by atoms with Crippen LogP contribution in [0.2, 0.25) is 0 Å². The molecule has 0 spiro atoms. The number of hydrogen-bond acceptors (Lipinski definition) is 1. The summed E-state index contributed by atoms with van der Waals surface area (Å²) in [5.41, 5.74) is 0.0924. The van der Waals surface area contributed by atoms with Crippen LogP contribution < -0.4 is 0 Å². The first-order valence-electron chi connectivity index (χ1n) is 5.59. The molecule has 0 saturated carbocycles. The van der Waals surface area contributed by atoms with Crippen LogP contribution in [0.25, 0.3) is 0 Å². The molecule has 1 aliphatic rings. The number of nitrogens with zero attached hydrogens (tertiary/aromatic N) is 1. The summed E-state index contributed by atoms with van der Waals surface area (Å²) in [5.74, 6) is 1.05. The Balaban J connectivity index is 2.91. The maximum atomic E-state index is 12.1. The van der Waals surface area contributed by atoms with E-state index >= 15 is 0 Å². The molecule has 0 aromatic carbocycles. The Bertz CT molecular complexity index is 217. The third-order valence-electron chi connectivity index (χ3n) is 3.30. The molecule has 14 heavy (non-hydrogen) atoms. The minimum atomic E-state index is 0.0924. The average molecular weight is 197 g/mol. The molecule has 2 atom stereocenters. The Morgan fingerprint density at radius 1 is 1.36 bits per heavy atom. The van der Waals surface area contributed by atoms with Crippen molar-refractivity contribution >= 4 is 5.91 Å². The zero-order valence-corrected chi connectivity index (χ0v) is 10.1. The van der Waals surface area contributed by atoms with Gasteiger partial charge in [-0.2, -0.15) is 0 Å². The van der Waals surface area contributed by atoms with E-state index in [-0.39, 0.29) is 11.3 Å². The number of hydrogen-bond donors (Lipinski definition) is 0. The lowest BCUT2D eigenvalue weighted by atomic mass is 9.72. The molecule has 1 rings (SSSR count). The highest BCUT2D eigenvalue weighted by Crippen LogP contribution is 2.37. The van der Waals surface area contributed by atoms with Gasteiger partial charge in [-0.3, -0.25) is 4.79 Å². The molecular formula is C12H23NO. The van der Waals surface area contributed by atoms with Crippen LogP contribution in [0.1, 0.15) is 40.5 Å². The second kappa shape index (κ2) is 3.92. The summed E-state index contributed by atoms with van der Waals surface area (Å²) in [5, 5.41) is 0. The van der Waals surface area contributed by atoms with E-state index in [0.29, 0.717) is 11.8 Å². The molecule has 1 saturated heterocycles. The van der Waals surface area contributed by atoms with E-state index in [1.165, 1.54) is 6.42 Å². The molecule has 2 heteroatoms. The van der Waals surface area contributed by atoms with Crippen LogP contribution in [0, 0.1) is 17.3 Å². The summed E-state index contributed by atoms with van der Waals surface area (Å²) in [6, 6.07) is 0. The summed E-state index contributed by atoms with van der Waals surface area (Å²) in [4.78, 5) is 14.0. The fraction of sp³-hybridized carbons (Fsp3) is 0.917. The van der Waals surface area contributed by atoms with Crippen molar-refractivity contribution in [3.8, 4) is 0 Å². The van der Waals surface area contributed by atoms with Crippen LogP contribution in [-0.2, 0) is 4.79 Å². The molecule has 0 aliphatic carbocycles. The van der Waals surface area contributed by atoms with Gasteiger partial charge >= 0.3 is 0 Å². The molecule has 1 amide bonds. The van der Waals surface area contributed by atoms with Crippen molar-refractivity contribution in [3.63, 3.8) is 0 Å². The van der Waals surface area contributed by atoms with Gasteiger partial charge in [0.1, 0.15) is 0 Å². The van der Waals surface area contributed by atoms with Gasteiger partial charge in [0.25, 0.3) is 0 Å². The number of carbonyl (C=O) groups is 1. The van der Waals surface area contributed by atoms with Gasteiger partial charge in [0.15, 0.2) is 0 Å². The largest absolute Gasteiger partial charge is 0.345 e. The molecule has 1 heterocycles. The van der Waals surface area contributed by atoms with Crippen LogP contribution in [0.3, 0.4) is 0 Å². The minimum Gasteiger partial charge on any atom is -0.345 e. The predicted molar refractivity (Wildman–Crippen MR) is 59.0 cm³/mol. The van der Waals surface area contributed by atoms with E-state index < -0.39 is 0 Å². The minimum absolute atomic E-state index is 0.0924. The molecule has 0 bridgehead atoms. The zero-order chi connectivity index (χ0) is 10.9. The zero-order valence-electron chi connectivity index (χ0n) is 10.1. The van der Waals surface area contributed by atoms with Crippen LogP contribution in [-0.4, -0.2) is 24.4 Å². The molecule has 0 N–H and O–H groups in total. The summed E-state index contributed by atoms with van der Waals surface area (Å²) in [6.07, 6.45) is 2.33. The molecule has 1 unspecified atom stereocenters. The summed E-state index contributed by atoms with van der Waals surface area (Å²) >= 11 is 0. The second-order valence-corrected chi connectivity index (χ2v) is 5.72. The fourth-order valence-electron chi connectivity index (χ4n) is 2.63. The van der Waals surface area contributed by atoms with Crippen molar-refractivity contribution in [2.24, 2.45) is 17.3 Å². The van der Waals surface area contributed by atoms with E-state index in [2.05, 4.69) is 27.7 Å². The van der Waals surface area contributed by atoms with Crippen LogP contribution in [0.15, 0.2) is 0 Å². The number of carbonyl (C=O) groups excluding carboxylic acids is 1. The molecule has 2 nitrogen and oxygen atoms in total. The normalized spacial score (nSPS) is 30.4. The Hall–Kier alpha value is -0.530. The first-order chi connectivity index (χ1) is 6.34. The average Bonchev–Trinajstić information content (AvgIpc) is 2.11. The maximum absolute atomic E-state index is 12.1. The van der Waals surface area contributed by atoms with Crippen molar-refractivity contribution in [2.75, 3.05) is 13.6 Å². The van der Waals surface area contributed by atoms with Crippen molar-refractivity contribution in [1.82, 2.24) is 4.90 Å². The lowest BCUT2D eigenvalue weighted by Gasteiger charge is -2.34. The van der Waals surface area contributed by atoms with E-state index in [4.69, 9.17) is 0 Å². The van der Waals surface area contributed by atoms with E-state index in [0.717, 1.165) is 13.0 Å². The molecule has 1 fully saturated rings. The molecular weight excluding hydrogens is 174 g/mol. The van der Waals surface area contributed by atoms with Gasteiger partial charge in [-0.25, -0.2) is 0 Å². The number of rotatable bonds is 0. The van der Waals surface area contributed by atoms with Crippen molar-refractivity contribution < 1.29 is 4.79 Å². The molecule has 1 aliphatic heterocycles. The van der Waals surface area contributed by atoms with E-state index in [1.807, 2.05) is 11.9 Å². The van der Waals surface area contributed by atoms with Gasteiger partial charge in [0.2, 0.25) is 5.91 Å². The SMILES string of the molecule is C[C@@H]1CCCN(C)C(=O)C1C(C)(C)C. The third kappa shape index (κ3) is 2.28. The van der Waals surface area contributed by atoms with E-state index in [9.17, 15) is 4.79 Å². The van der Waals surface area contributed by atoms with Crippen molar-refractivity contribution in [3.05, 3.63) is 0 Å². The van der Waals surface area contributed by atoms with Gasteiger partial charge in [-0.1, -0.05) is 27.7 Å². The molecule has 0 aromatic heterocycles. The maximum Gasteiger partial charge on any atom is 0.226 e. The van der Waals surface area contributed by atoms with Gasteiger partial charge in [0, 0.05) is 19.5 Å². The highest BCUT2D eigenvalue weighted by atomic mass is 16.2. The summed E-state index contributed by atoms with van der Waals surface area (Å²) in [6.45, 7) is 9.66. The Kier molecular flexibility index (Phi) is 3.23. The van der Waals surface area contributed by atoms with Gasteiger partial charge in [-0.05, 0) is 24.2 Å². The predicted octanol–water partition coefficient (Wildman–Crippen LogP) is 2.54. The van der Waals surface area contributed by atoms with Crippen molar-refractivity contribution in [1.29, 1.82) is 0 Å². The van der Waals surface area contributed by atoms with Crippen LogP contribution >= 0.6 is 0 Å². The van der Waals surface area contributed by atoms with Crippen LogP contribution in [0.5, 0.6) is 0 Å². The third-order valence-corrected chi connectivity index (χ3v) is 3.30. The highest BCUT2D eigenvalue weighted by molar-refractivity contribution is 5.79. The monoisotopic (exact) mass is 197 g/mol. The van der Waals surface area contributed by atoms with Gasteiger partial charge in [0.05, 0.1) is 0 Å². The molecule has 82 valence electrons. The molecule has 0 aromatic rings.